The molecule has 1 aromatic carbocycles. The Morgan fingerprint density at radius 3 is 2.61 bits per heavy atom. The summed E-state index contributed by atoms with van der Waals surface area (Å²) in [7, 11) is 0. The van der Waals surface area contributed by atoms with Gasteiger partial charge in [-0.1, -0.05) is 44.5 Å². The summed E-state index contributed by atoms with van der Waals surface area (Å²) in [5.74, 6) is 0.448. The summed E-state index contributed by atoms with van der Waals surface area (Å²) in [5.41, 5.74) is 3.35. The van der Waals surface area contributed by atoms with Crippen LogP contribution in [-0.4, -0.2) is 47.6 Å². The summed E-state index contributed by atoms with van der Waals surface area (Å²) in [6, 6.07) is 13.2. The average Bonchev–Trinajstić information content (AvgIpc) is 3.26. The molecular weight excluding hydrogens is 386 g/mol. The Kier molecular flexibility index (Phi) is 8.47. The van der Waals surface area contributed by atoms with Crippen LogP contribution in [0.2, 0.25) is 0 Å². The maximum atomic E-state index is 12.5. The van der Waals surface area contributed by atoms with Gasteiger partial charge >= 0.3 is 5.97 Å². The van der Waals surface area contributed by atoms with Crippen LogP contribution in [0.3, 0.4) is 0 Å². The molecule has 0 aliphatic carbocycles. The Hall–Kier alpha value is -2.40. The smallest absolute Gasteiger partial charge is 0.342 e. The molecule has 0 bridgehead atoms. The van der Waals surface area contributed by atoms with Gasteiger partial charge in [0.1, 0.15) is 11.4 Å². The van der Waals surface area contributed by atoms with Crippen LogP contribution < -0.4 is 4.90 Å². The number of aromatic nitrogens is 1. The number of rotatable bonds is 10. The lowest BCUT2D eigenvalue weighted by atomic mass is 10.1. The van der Waals surface area contributed by atoms with E-state index in [-0.39, 0.29) is 12.1 Å². The number of anilines is 1. The van der Waals surface area contributed by atoms with Crippen molar-refractivity contribution in [2.75, 3.05) is 24.5 Å². The Labute approximate surface area is 187 Å². The maximum Gasteiger partial charge on any atom is 0.342 e. The monoisotopic (exact) mass is 423 g/mol. The van der Waals surface area contributed by atoms with Gasteiger partial charge < -0.3 is 9.64 Å². The molecule has 1 atom stereocenters. The van der Waals surface area contributed by atoms with Gasteiger partial charge in [-0.25, -0.2) is 9.78 Å². The Bertz CT molecular complexity index is 835. The van der Waals surface area contributed by atoms with Gasteiger partial charge in [0, 0.05) is 31.9 Å². The summed E-state index contributed by atoms with van der Waals surface area (Å²) < 4.78 is 5.43. The second kappa shape index (κ2) is 11.3. The van der Waals surface area contributed by atoms with Crippen LogP contribution in [0.5, 0.6) is 0 Å². The molecule has 1 fully saturated rings. The van der Waals surface area contributed by atoms with Crippen molar-refractivity contribution in [1.29, 1.82) is 0 Å². The first-order chi connectivity index (χ1) is 15.0. The molecule has 1 aliphatic rings. The molecule has 5 heteroatoms. The third kappa shape index (κ3) is 6.30. The van der Waals surface area contributed by atoms with Gasteiger partial charge in [-0.2, -0.15) is 0 Å². The molecule has 0 amide bonds. The predicted molar refractivity (Wildman–Crippen MR) is 127 cm³/mol. The minimum atomic E-state index is -0.294. The summed E-state index contributed by atoms with van der Waals surface area (Å²) in [4.78, 5) is 21.8. The number of aryl methyl sites for hydroxylation is 1. The first-order valence-corrected chi connectivity index (χ1v) is 11.7. The van der Waals surface area contributed by atoms with Gasteiger partial charge in [-0.05, 0) is 62.9 Å². The van der Waals surface area contributed by atoms with Gasteiger partial charge in [0.25, 0.3) is 0 Å². The van der Waals surface area contributed by atoms with Crippen molar-refractivity contribution >= 4 is 11.8 Å². The molecule has 0 spiro atoms. The van der Waals surface area contributed by atoms with Crippen LogP contribution in [0.1, 0.15) is 68.4 Å². The Balaban J connectivity index is 1.65. The number of nitrogens with zero attached hydrogens (tertiary/aromatic N) is 3. The second-order valence-electron chi connectivity index (χ2n) is 8.70. The van der Waals surface area contributed by atoms with E-state index in [1.54, 1.807) is 12.3 Å². The number of unbranched alkanes of at least 4 members (excludes halogenated alkanes) is 1. The van der Waals surface area contributed by atoms with Gasteiger partial charge in [0.2, 0.25) is 0 Å². The molecule has 3 rings (SSSR count). The summed E-state index contributed by atoms with van der Waals surface area (Å²) in [6.07, 6.45) is 6.33. The van der Waals surface area contributed by atoms with Crippen LogP contribution in [-0.2, 0) is 17.7 Å². The van der Waals surface area contributed by atoms with E-state index >= 15 is 0 Å². The summed E-state index contributed by atoms with van der Waals surface area (Å²) >= 11 is 0. The number of pyridine rings is 1. The van der Waals surface area contributed by atoms with Crippen molar-refractivity contribution in [3.8, 4) is 0 Å². The number of hydrogen-bond acceptors (Lipinski definition) is 5. The van der Waals surface area contributed by atoms with Crippen molar-refractivity contribution < 1.29 is 9.53 Å². The number of carbonyl (C=O) groups excluding carboxylic acids is 1. The van der Waals surface area contributed by atoms with Crippen molar-refractivity contribution in [2.45, 2.75) is 72.1 Å². The van der Waals surface area contributed by atoms with Crippen LogP contribution in [0.15, 0.2) is 42.6 Å². The van der Waals surface area contributed by atoms with E-state index in [9.17, 15) is 4.79 Å². The van der Waals surface area contributed by atoms with Gasteiger partial charge in [0.05, 0.1) is 6.10 Å². The van der Waals surface area contributed by atoms with E-state index in [4.69, 9.17) is 4.74 Å². The lowest BCUT2D eigenvalue weighted by molar-refractivity contribution is 0.0378. The first kappa shape index (κ1) is 23.3. The molecule has 0 N–H and O–H groups in total. The lowest BCUT2D eigenvalue weighted by Gasteiger charge is -2.28. The molecule has 0 unspecified atom stereocenters. The molecule has 1 aromatic heterocycles. The predicted octanol–water partition coefficient (Wildman–Crippen LogP) is 5.09. The topological polar surface area (TPSA) is 45.7 Å². The minimum absolute atomic E-state index is 0.143. The van der Waals surface area contributed by atoms with Gasteiger partial charge in [-0.3, -0.25) is 4.90 Å². The quantitative estimate of drug-likeness (QED) is 0.498. The zero-order valence-electron chi connectivity index (χ0n) is 19.5. The highest BCUT2D eigenvalue weighted by molar-refractivity contribution is 5.94. The van der Waals surface area contributed by atoms with Crippen LogP contribution >= 0.6 is 0 Å². The largest absolute Gasteiger partial charge is 0.459 e. The maximum absolute atomic E-state index is 12.5. The lowest BCUT2D eigenvalue weighted by Crippen LogP contribution is -2.37. The number of benzene rings is 1. The zero-order chi connectivity index (χ0) is 22.2. The van der Waals surface area contributed by atoms with E-state index in [1.807, 2.05) is 19.9 Å². The summed E-state index contributed by atoms with van der Waals surface area (Å²) in [5, 5.41) is 0. The molecular formula is C26H37N3O2. The normalized spacial score (nSPS) is 16.3. The minimum Gasteiger partial charge on any atom is -0.459 e. The highest BCUT2D eigenvalue weighted by Gasteiger charge is 2.30. The number of hydrogen-bond donors (Lipinski definition) is 0. The molecule has 2 aromatic rings. The average molecular weight is 424 g/mol. The van der Waals surface area contributed by atoms with Crippen molar-refractivity contribution in [1.82, 2.24) is 9.88 Å². The summed E-state index contributed by atoms with van der Waals surface area (Å²) in [6.45, 7) is 11.9. The van der Waals surface area contributed by atoms with Crippen molar-refractivity contribution in [2.24, 2.45) is 0 Å². The third-order valence-corrected chi connectivity index (χ3v) is 5.96. The fraction of sp³-hybridized carbons (Fsp3) is 0.538. The van der Waals surface area contributed by atoms with E-state index in [2.05, 4.69) is 52.9 Å². The molecule has 1 saturated heterocycles. The van der Waals surface area contributed by atoms with Crippen molar-refractivity contribution in [3.63, 3.8) is 0 Å². The SMILES string of the molecule is CCCCc1ccc(CN(CC)[C@@H]2CCN(c3ncccc3C(=O)OC(C)C)C2)cc1. The van der Waals surface area contributed by atoms with E-state index in [1.165, 1.54) is 24.0 Å². The van der Waals surface area contributed by atoms with E-state index in [0.29, 0.717) is 11.6 Å². The van der Waals surface area contributed by atoms with Crippen LogP contribution in [0, 0.1) is 0 Å². The van der Waals surface area contributed by atoms with E-state index in [0.717, 1.165) is 44.8 Å². The highest BCUT2D eigenvalue weighted by Crippen LogP contribution is 2.26. The van der Waals surface area contributed by atoms with Gasteiger partial charge in [0.15, 0.2) is 0 Å². The molecule has 0 saturated carbocycles. The number of esters is 1. The number of likely N-dealkylation sites (N-methyl/N-ethyl adjacent to an activating group) is 1. The third-order valence-electron chi connectivity index (χ3n) is 5.96. The molecule has 168 valence electrons. The molecule has 0 radical (unpaired) electrons. The fourth-order valence-corrected chi connectivity index (χ4v) is 4.24. The van der Waals surface area contributed by atoms with E-state index < -0.39 is 0 Å². The first-order valence-electron chi connectivity index (χ1n) is 11.7. The van der Waals surface area contributed by atoms with Gasteiger partial charge in [-0.15, -0.1) is 0 Å². The number of carbonyl (C=O) groups is 1. The molecule has 1 aliphatic heterocycles. The molecule has 2 heterocycles. The van der Waals surface area contributed by atoms with Crippen LogP contribution in [0.25, 0.3) is 0 Å². The highest BCUT2D eigenvalue weighted by atomic mass is 16.5. The standard InChI is InChI=1S/C26H37N3O2/c1-5-7-9-21-11-13-22(14-12-21)18-28(6-2)23-15-17-29(19-23)25-24(10-8-16-27-25)26(30)31-20(3)4/h8,10-14,16,20,23H,5-7,9,15,17-19H2,1-4H3/t23-/m1/s1. The number of ether oxygens (including phenoxy) is 1. The molecule has 31 heavy (non-hydrogen) atoms. The van der Waals surface area contributed by atoms with Crippen LogP contribution in [0.4, 0.5) is 5.82 Å². The molecule has 5 nitrogen and oxygen atoms in total. The fourth-order valence-electron chi connectivity index (χ4n) is 4.24. The zero-order valence-corrected chi connectivity index (χ0v) is 19.5. The second-order valence-corrected chi connectivity index (χ2v) is 8.70. The Morgan fingerprint density at radius 1 is 1.19 bits per heavy atom. The Morgan fingerprint density at radius 2 is 1.94 bits per heavy atom. The van der Waals surface area contributed by atoms with Crippen molar-refractivity contribution in [3.05, 3.63) is 59.3 Å².